The summed E-state index contributed by atoms with van der Waals surface area (Å²) in [6.07, 6.45) is 1.06. The molecule has 0 aliphatic carbocycles. The molecule has 136 valence electrons. The SMILES string of the molecule is C[Si](C)(C)CCCS(=O)(=O)[O-].C[Si](C)(C)CCCS(=O)(=O)[O-].[Na+].[Na+]. The minimum Gasteiger partial charge on any atom is -0.748 e. The first-order chi connectivity index (χ1) is 9.41. The molecule has 0 aromatic heterocycles. The summed E-state index contributed by atoms with van der Waals surface area (Å²) >= 11 is 0. The Morgan fingerprint density at radius 3 is 0.958 bits per heavy atom. The Morgan fingerprint density at radius 1 is 0.625 bits per heavy atom. The summed E-state index contributed by atoms with van der Waals surface area (Å²) in [7, 11) is -10.3. The van der Waals surface area contributed by atoms with Crippen molar-refractivity contribution >= 4 is 36.4 Å². The predicted molar refractivity (Wildman–Crippen MR) is 94.7 cm³/mol. The molecule has 0 radical (unpaired) electrons. The summed E-state index contributed by atoms with van der Waals surface area (Å²) in [4.78, 5) is 0. The van der Waals surface area contributed by atoms with E-state index in [0.717, 1.165) is 12.1 Å². The van der Waals surface area contributed by atoms with Crippen LogP contribution in [0.2, 0.25) is 51.4 Å². The number of hydrogen-bond donors (Lipinski definition) is 0. The first kappa shape index (κ1) is 33.8. The molecule has 12 heteroatoms. The van der Waals surface area contributed by atoms with Gasteiger partial charge in [-0.15, -0.1) is 0 Å². The van der Waals surface area contributed by atoms with Gasteiger partial charge in [-0.25, -0.2) is 16.8 Å². The molecular weight excluding hydrogens is 406 g/mol. The van der Waals surface area contributed by atoms with E-state index in [1.807, 2.05) is 0 Å². The summed E-state index contributed by atoms with van der Waals surface area (Å²) in [5.74, 6) is -0.394. The van der Waals surface area contributed by atoms with Gasteiger partial charge in [0, 0.05) is 27.7 Å². The van der Waals surface area contributed by atoms with Crippen LogP contribution in [-0.4, -0.2) is 53.6 Å². The molecule has 0 heterocycles. The van der Waals surface area contributed by atoms with Gasteiger partial charge in [-0.3, -0.25) is 0 Å². The molecule has 0 rings (SSSR count). The van der Waals surface area contributed by atoms with Crippen molar-refractivity contribution in [1.29, 1.82) is 0 Å². The molecule has 24 heavy (non-hydrogen) atoms. The first-order valence-electron chi connectivity index (χ1n) is 7.28. The zero-order valence-electron chi connectivity index (χ0n) is 16.5. The van der Waals surface area contributed by atoms with Crippen LogP contribution < -0.4 is 59.1 Å². The molecule has 0 aliphatic rings. The van der Waals surface area contributed by atoms with Crippen molar-refractivity contribution in [2.24, 2.45) is 0 Å². The molecule has 0 spiro atoms. The van der Waals surface area contributed by atoms with E-state index in [0.29, 0.717) is 12.8 Å². The van der Waals surface area contributed by atoms with Crippen molar-refractivity contribution in [1.82, 2.24) is 0 Å². The van der Waals surface area contributed by atoms with Gasteiger partial charge in [0.05, 0.1) is 20.2 Å². The Labute approximate surface area is 195 Å². The third-order valence-corrected chi connectivity index (χ3v) is 7.93. The number of hydrogen-bond acceptors (Lipinski definition) is 6. The summed E-state index contributed by atoms with van der Waals surface area (Å²) in [5, 5.41) is 0. The molecule has 6 nitrogen and oxygen atoms in total. The van der Waals surface area contributed by atoms with Crippen LogP contribution in [0.25, 0.3) is 0 Å². The Balaban J connectivity index is -0.000000154. The zero-order chi connectivity index (χ0) is 18.2. The third-order valence-electron chi connectivity index (χ3n) is 2.64. The van der Waals surface area contributed by atoms with E-state index in [9.17, 15) is 25.9 Å². The van der Waals surface area contributed by atoms with E-state index in [-0.39, 0.29) is 70.6 Å². The molecule has 0 fully saturated rings. The smallest absolute Gasteiger partial charge is 0.748 e. The van der Waals surface area contributed by atoms with Crippen molar-refractivity contribution in [3.63, 3.8) is 0 Å². The summed E-state index contributed by atoms with van der Waals surface area (Å²) in [5.41, 5.74) is 0. The Bertz CT molecular complexity index is 463. The maximum absolute atomic E-state index is 10.2. The van der Waals surface area contributed by atoms with Gasteiger partial charge in [-0.05, 0) is 12.8 Å². The van der Waals surface area contributed by atoms with Gasteiger partial charge in [-0.1, -0.05) is 51.4 Å². The Kier molecular flexibility index (Phi) is 20.1. The fourth-order valence-corrected chi connectivity index (χ4v) is 5.54. The standard InChI is InChI=1S/2C6H16O3SSi.2Na/c2*1-11(2,3)6-4-5-10(7,8)9;;/h2*4-6H2,1-3H3,(H,7,8,9);;/q;;2*+1/p-2. The molecular formula is C12H30Na2O6S2Si2. The molecule has 0 aromatic rings. The maximum atomic E-state index is 10.2. The minimum absolute atomic E-state index is 0. The van der Waals surface area contributed by atoms with Crippen LogP contribution in [0.5, 0.6) is 0 Å². The van der Waals surface area contributed by atoms with Gasteiger partial charge < -0.3 is 9.11 Å². The normalized spacial score (nSPS) is 12.3. The minimum atomic E-state index is -3.97. The number of rotatable bonds is 8. The third kappa shape index (κ3) is 39.4. The first-order valence-corrected chi connectivity index (χ1v) is 17.9. The van der Waals surface area contributed by atoms with Crippen molar-refractivity contribution in [2.45, 2.75) is 64.2 Å². The van der Waals surface area contributed by atoms with Gasteiger partial charge in [0.25, 0.3) is 0 Å². The van der Waals surface area contributed by atoms with Crippen molar-refractivity contribution < 1.29 is 85.1 Å². The largest absolute Gasteiger partial charge is 1.00 e. The molecule has 0 aromatic carbocycles. The second-order valence-corrected chi connectivity index (χ2v) is 22.1. The van der Waals surface area contributed by atoms with Gasteiger partial charge in [0.15, 0.2) is 0 Å². The van der Waals surface area contributed by atoms with Crippen LogP contribution >= 0.6 is 0 Å². The van der Waals surface area contributed by atoms with Gasteiger partial charge >= 0.3 is 59.1 Å². The van der Waals surface area contributed by atoms with E-state index in [2.05, 4.69) is 39.3 Å². The fourth-order valence-electron chi connectivity index (χ4n) is 1.56. The quantitative estimate of drug-likeness (QED) is 0.288. The monoisotopic (exact) mass is 436 g/mol. The van der Waals surface area contributed by atoms with E-state index in [1.165, 1.54) is 0 Å². The van der Waals surface area contributed by atoms with Crippen LogP contribution in [0.1, 0.15) is 12.8 Å². The molecule has 0 N–H and O–H groups in total. The Hall–Kier alpha value is 2.25. The fraction of sp³-hybridized carbons (Fsp3) is 1.00. The average Bonchev–Trinajstić information content (AvgIpc) is 2.08. The van der Waals surface area contributed by atoms with Crippen LogP contribution in [0.3, 0.4) is 0 Å². The van der Waals surface area contributed by atoms with Crippen molar-refractivity contribution in [3.05, 3.63) is 0 Å². The van der Waals surface area contributed by atoms with Gasteiger partial charge in [0.2, 0.25) is 0 Å². The van der Waals surface area contributed by atoms with Gasteiger partial charge in [0.1, 0.15) is 0 Å². The molecule has 0 bridgehead atoms. The molecule has 0 atom stereocenters. The van der Waals surface area contributed by atoms with Crippen LogP contribution in [0.15, 0.2) is 0 Å². The summed E-state index contributed by atoms with van der Waals surface area (Å²) in [6.45, 7) is 12.9. The predicted octanol–water partition coefficient (Wildman–Crippen LogP) is -3.47. The second-order valence-electron chi connectivity index (χ2n) is 7.85. The molecule has 0 unspecified atom stereocenters. The van der Waals surface area contributed by atoms with Crippen LogP contribution in [0.4, 0.5) is 0 Å². The van der Waals surface area contributed by atoms with E-state index in [1.54, 1.807) is 0 Å². The molecule has 0 aliphatic heterocycles. The van der Waals surface area contributed by atoms with E-state index < -0.39 is 36.4 Å². The molecule has 0 amide bonds. The molecule has 0 saturated carbocycles. The van der Waals surface area contributed by atoms with E-state index >= 15 is 0 Å². The van der Waals surface area contributed by atoms with Crippen molar-refractivity contribution in [2.75, 3.05) is 11.5 Å². The van der Waals surface area contributed by atoms with Crippen molar-refractivity contribution in [3.8, 4) is 0 Å². The topological polar surface area (TPSA) is 114 Å². The average molecular weight is 437 g/mol. The zero-order valence-corrected chi connectivity index (χ0v) is 24.1. The maximum Gasteiger partial charge on any atom is 1.00 e. The van der Waals surface area contributed by atoms with Gasteiger partial charge in [-0.2, -0.15) is 0 Å². The summed E-state index contributed by atoms with van der Waals surface area (Å²) < 4.78 is 61.1. The Morgan fingerprint density at radius 2 is 0.833 bits per heavy atom. The second kappa shape index (κ2) is 14.3. The van der Waals surface area contributed by atoms with Crippen LogP contribution in [-0.2, 0) is 20.2 Å². The molecule has 0 saturated heterocycles. The summed E-state index contributed by atoms with van der Waals surface area (Å²) in [6, 6.07) is 1.82. The van der Waals surface area contributed by atoms with E-state index in [4.69, 9.17) is 0 Å². The van der Waals surface area contributed by atoms with Crippen LogP contribution in [0, 0.1) is 0 Å².